The SMILES string of the molecule is Cc1ccc(C2=NC(CC(=O)O)CO2)cc1. The Morgan fingerprint density at radius 2 is 2.19 bits per heavy atom. The van der Waals surface area contributed by atoms with Gasteiger partial charge in [-0.15, -0.1) is 0 Å². The Labute approximate surface area is 93.6 Å². The minimum Gasteiger partial charge on any atom is -0.481 e. The number of aliphatic imine (C=N–C) groups is 1. The van der Waals surface area contributed by atoms with Crippen LogP contribution in [0, 0.1) is 6.92 Å². The maximum absolute atomic E-state index is 10.5. The smallest absolute Gasteiger partial charge is 0.305 e. The van der Waals surface area contributed by atoms with Crippen LogP contribution >= 0.6 is 0 Å². The Bertz CT molecular complexity index is 422. The van der Waals surface area contributed by atoms with E-state index in [1.807, 2.05) is 31.2 Å². The molecule has 1 aromatic carbocycles. The molecule has 0 saturated heterocycles. The topological polar surface area (TPSA) is 58.9 Å². The molecule has 0 saturated carbocycles. The summed E-state index contributed by atoms with van der Waals surface area (Å²) in [6.07, 6.45) is 0.0232. The van der Waals surface area contributed by atoms with Gasteiger partial charge < -0.3 is 9.84 Å². The Morgan fingerprint density at radius 3 is 2.81 bits per heavy atom. The number of carboxylic acid groups (broad SMARTS) is 1. The van der Waals surface area contributed by atoms with Crippen LogP contribution in [-0.2, 0) is 9.53 Å². The third kappa shape index (κ3) is 2.39. The summed E-state index contributed by atoms with van der Waals surface area (Å²) < 4.78 is 5.38. The molecule has 1 atom stereocenters. The number of rotatable bonds is 3. The quantitative estimate of drug-likeness (QED) is 0.840. The summed E-state index contributed by atoms with van der Waals surface area (Å²) in [5.74, 6) is -0.297. The first-order valence-corrected chi connectivity index (χ1v) is 5.14. The molecule has 2 rings (SSSR count). The highest BCUT2D eigenvalue weighted by molar-refractivity contribution is 5.95. The summed E-state index contributed by atoms with van der Waals surface area (Å²) >= 11 is 0. The average Bonchev–Trinajstić information content (AvgIpc) is 2.66. The van der Waals surface area contributed by atoms with Gasteiger partial charge >= 0.3 is 5.97 Å². The Hall–Kier alpha value is -1.84. The second kappa shape index (κ2) is 4.35. The van der Waals surface area contributed by atoms with Crippen LogP contribution in [0.2, 0.25) is 0 Å². The van der Waals surface area contributed by atoms with Gasteiger partial charge in [0.25, 0.3) is 0 Å². The van der Waals surface area contributed by atoms with E-state index in [1.165, 1.54) is 5.56 Å². The summed E-state index contributed by atoms with van der Waals surface area (Å²) in [5.41, 5.74) is 2.07. The van der Waals surface area contributed by atoms with Crippen molar-refractivity contribution in [2.45, 2.75) is 19.4 Å². The van der Waals surface area contributed by atoms with Crippen LogP contribution in [0.1, 0.15) is 17.5 Å². The van der Waals surface area contributed by atoms with E-state index in [2.05, 4.69) is 4.99 Å². The molecule has 0 aromatic heterocycles. The van der Waals surface area contributed by atoms with Gasteiger partial charge in [-0.2, -0.15) is 0 Å². The lowest BCUT2D eigenvalue weighted by atomic mass is 10.1. The molecule has 1 aromatic rings. The van der Waals surface area contributed by atoms with Crippen molar-refractivity contribution in [2.24, 2.45) is 4.99 Å². The van der Waals surface area contributed by atoms with Crippen LogP contribution in [0.4, 0.5) is 0 Å². The van der Waals surface area contributed by atoms with Gasteiger partial charge in [0.2, 0.25) is 5.90 Å². The fraction of sp³-hybridized carbons (Fsp3) is 0.333. The van der Waals surface area contributed by atoms with Crippen molar-refractivity contribution in [2.75, 3.05) is 6.61 Å². The maximum atomic E-state index is 10.5. The van der Waals surface area contributed by atoms with Gasteiger partial charge in [0.15, 0.2) is 0 Å². The van der Waals surface area contributed by atoms with Gasteiger partial charge in [-0.1, -0.05) is 17.7 Å². The molecule has 1 aliphatic heterocycles. The van der Waals surface area contributed by atoms with Crippen LogP contribution in [0.25, 0.3) is 0 Å². The minimum atomic E-state index is -0.845. The van der Waals surface area contributed by atoms with Crippen LogP contribution in [0.15, 0.2) is 29.3 Å². The summed E-state index contributed by atoms with van der Waals surface area (Å²) in [4.78, 5) is 14.8. The van der Waals surface area contributed by atoms with Crippen molar-refractivity contribution in [3.8, 4) is 0 Å². The van der Waals surface area contributed by atoms with Crippen molar-refractivity contribution in [3.63, 3.8) is 0 Å². The largest absolute Gasteiger partial charge is 0.481 e. The fourth-order valence-corrected chi connectivity index (χ4v) is 1.58. The zero-order valence-corrected chi connectivity index (χ0v) is 9.01. The van der Waals surface area contributed by atoms with Crippen molar-refractivity contribution in [3.05, 3.63) is 35.4 Å². The van der Waals surface area contributed by atoms with Gasteiger partial charge in [0, 0.05) is 5.56 Å². The zero-order chi connectivity index (χ0) is 11.5. The highest BCUT2D eigenvalue weighted by atomic mass is 16.5. The number of benzene rings is 1. The molecule has 4 heteroatoms. The normalized spacial score (nSPS) is 19.1. The van der Waals surface area contributed by atoms with Crippen molar-refractivity contribution in [1.82, 2.24) is 0 Å². The number of aliphatic carboxylic acids is 1. The van der Waals surface area contributed by atoms with Gasteiger partial charge in [0.1, 0.15) is 6.61 Å². The standard InChI is InChI=1S/C12H13NO3/c1-8-2-4-9(5-3-8)12-13-10(7-16-12)6-11(14)15/h2-5,10H,6-7H2,1H3,(H,14,15). The van der Waals surface area contributed by atoms with Crippen LogP contribution in [0.5, 0.6) is 0 Å². The molecule has 0 bridgehead atoms. The lowest BCUT2D eigenvalue weighted by molar-refractivity contribution is -0.137. The third-order valence-corrected chi connectivity index (χ3v) is 2.42. The molecular weight excluding hydrogens is 206 g/mol. The monoisotopic (exact) mass is 219 g/mol. The summed E-state index contributed by atoms with van der Waals surface area (Å²) in [6, 6.07) is 7.56. The molecule has 4 nitrogen and oxygen atoms in total. The van der Waals surface area contributed by atoms with E-state index in [1.54, 1.807) is 0 Å². The Kier molecular flexibility index (Phi) is 2.90. The predicted octanol–water partition coefficient (Wildman–Crippen LogP) is 1.62. The number of carboxylic acids is 1. The molecule has 0 amide bonds. The number of hydrogen-bond acceptors (Lipinski definition) is 3. The molecule has 0 spiro atoms. The Morgan fingerprint density at radius 1 is 1.50 bits per heavy atom. The zero-order valence-electron chi connectivity index (χ0n) is 9.01. The molecule has 84 valence electrons. The highest BCUT2D eigenvalue weighted by Crippen LogP contribution is 2.14. The van der Waals surface area contributed by atoms with Gasteiger partial charge in [-0.05, 0) is 19.1 Å². The molecule has 0 radical (unpaired) electrons. The van der Waals surface area contributed by atoms with E-state index < -0.39 is 5.97 Å². The van der Waals surface area contributed by atoms with E-state index in [0.29, 0.717) is 12.5 Å². The average molecular weight is 219 g/mol. The van der Waals surface area contributed by atoms with Gasteiger partial charge in [-0.25, -0.2) is 4.99 Å². The van der Waals surface area contributed by atoms with E-state index in [-0.39, 0.29) is 12.5 Å². The second-order valence-corrected chi connectivity index (χ2v) is 3.86. The molecule has 1 heterocycles. The van der Waals surface area contributed by atoms with E-state index in [4.69, 9.17) is 9.84 Å². The van der Waals surface area contributed by atoms with Crippen LogP contribution in [-0.4, -0.2) is 29.6 Å². The first-order chi connectivity index (χ1) is 7.65. The van der Waals surface area contributed by atoms with E-state index in [9.17, 15) is 4.79 Å². The molecule has 1 unspecified atom stereocenters. The van der Waals surface area contributed by atoms with Gasteiger partial charge in [-0.3, -0.25) is 4.79 Å². The summed E-state index contributed by atoms with van der Waals surface area (Å²) in [6.45, 7) is 2.36. The minimum absolute atomic E-state index is 0.0232. The van der Waals surface area contributed by atoms with Crippen LogP contribution < -0.4 is 0 Å². The predicted molar refractivity (Wildman–Crippen MR) is 59.7 cm³/mol. The van der Waals surface area contributed by atoms with E-state index in [0.717, 1.165) is 5.56 Å². The first kappa shape index (κ1) is 10.7. The molecule has 0 aliphatic carbocycles. The molecule has 1 aliphatic rings. The maximum Gasteiger partial charge on any atom is 0.305 e. The highest BCUT2D eigenvalue weighted by Gasteiger charge is 2.22. The summed E-state index contributed by atoms with van der Waals surface area (Å²) in [5, 5.41) is 8.64. The molecular formula is C12H13NO3. The number of carbonyl (C=O) groups is 1. The Balaban J connectivity index is 2.11. The first-order valence-electron chi connectivity index (χ1n) is 5.14. The number of hydrogen-bond donors (Lipinski definition) is 1. The van der Waals surface area contributed by atoms with Crippen LogP contribution in [0.3, 0.4) is 0 Å². The summed E-state index contributed by atoms with van der Waals surface area (Å²) in [7, 11) is 0. The lowest BCUT2D eigenvalue weighted by Gasteiger charge is -2.01. The number of nitrogens with zero attached hydrogens (tertiary/aromatic N) is 1. The van der Waals surface area contributed by atoms with E-state index >= 15 is 0 Å². The van der Waals surface area contributed by atoms with Crippen molar-refractivity contribution >= 4 is 11.9 Å². The molecule has 0 fully saturated rings. The second-order valence-electron chi connectivity index (χ2n) is 3.86. The molecule has 1 N–H and O–H groups in total. The third-order valence-electron chi connectivity index (χ3n) is 2.42. The van der Waals surface area contributed by atoms with Crippen molar-refractivity contribution < 1.29 is 14.6 Å². The lowest BCUT2D eigenvalue weighted by Crippen LogP contribution is -2.12. The van der Waals surface area contributed by atoms with Crippen molar-refractivity contribution in [1.29, 1.82) is 0 Å². The van der Waals surface area contributed by atoms with Gasteiger partial charge in [0.05, 0.1) is 12.5 Å². The number of aryl methyl sites for hydroxylation is 1. The number of ether oxygens (including phenoxy) is 1. The molecule has 16 heavy (non-hydrogen) atoms. The fourth-order valence-electron chi connectivity index (χ4n) is 1.58.